The van der Waals surface area contributed by atoms with Gasteiger partial charge in [0.25, 0.3) is 0 Å². The zero-order valence-corrected chi connectivity index (χ0v) is 18.7. The average Bonchev–Trinajstić information content (AvgIpc) is 3.28. The van der Waals surface area contributed by atoms with Crippen molar-refractivity contribution in [3.63, 3.8) is 0 Å². The Bertz CT molecular complexity index is 1060. The minimum absolute atomic E-state index is 0.0799. The van der Waals surface area contributed by atoms with Gasteiger partial charge >= 0.3 is 0 Å². The molecule has 0 radical (unpaired) electrons. The molecule has 0 fully saturated rings. The molecule has 6 nitrogen and oxygen atoms in total. The van der Waals surface area contributed by atoms with E-state index in [0.29, 0.717) is 22.7 Å². The van der Waals surface area contributed by atoms with Gasteiger partial charge < -0.3 is 9.32 Å². The van der Waals surface area contributed by atoms with Crippen LogP contribution in [0.3, 0.4) is 0 Å². The number of rotatable bonds is 6. The van der Waals surface area contributed by atoms with Crippen LogP contribution < -0.4 is 4.90 Å². The molecule has 2 aromatic heterocycles. The van der Waals surface area contributed by atoms with E-state index in [4.69, 9.17) is 4.42 Å². The maximum Gasteiger partial charge on any atom is 0.237 e. The Hall–Kier alpha value is -2.45. The van der Waals surface area contributed by atoms with Crippen LogP contribution in [0.5, 0.6) is 0 Å². The SMILES string of the molecule is C=CCn1c(SCC(=O)N2CC[C@H](C)Sc3ccccc32)nnc1-c1ccoc1C. The summed E-state index contributed by atoms with van der Waals surface area (Å²) in [5, 5.41) is 9.86. The second-order valence-electron chi connectivity index (χ2n) is 7.11. The number of aryl methyl sites for hydroxylation is 1. The minimum atomic E-state index is 0.0799. The third kappa shape index (κ3) is 4.20. The predicted molar refractivity (Wildman–Crippen MR) is 122 cm³/mol. The molecule has 0 bridgehead atoms. The van der Waals surface area contributed by atoms with Crippen LogP contribution in [0.2, 0.25) is 0 Å². The Labute approximate surface area is 184 Å². The Balaban J connectivity index is 1.54. The lowest BCUT2D eigenvalue weighted by atomic mass is 10.2. The molecule has 4 rings (SSSR count). The fourth-order valence-electron chi connectivity index (χ4n) is 3.46. The second-order valence-corrected chi connectivity index (χ2v) is 9.54. The van der Waals surface area contributed by atoms with Gasteiger partial charge in [0, 0.05) is 23.2 Å². The van der Waals surface area contributed by atoms with Gasteiger partial charge in [-0.3, -0.25) is 9.36 Å². The van der Waals surface area contributed by atoms with E-state index in [9.17, 15) is 4.79 Å². The summed E-state index contributed by atoms with van der Waals surface area (Å²) in [5.41, 5.74) is 1.90. The first kappa shape index (κ1) is 20.8. The van der Waals surface area contributed by atoms with Gasteiger partial charge in [-0.1, -0.05) is 36.9 Å². The van der Waals surface area contributed by atoms with Gasteiger partial charge in [0.2, 0.25) is 5.91 Å². The zero-order chi connectivity index (χ0) is 21.1. The number of allylic oxidation sites excluding steroid dienone is 1. The van der Waals surface area contributed by atoms with Crippen molar-refractivity contribution in [3.05, 3.63) is 55.0 Å². The highest BCUT2D eigenvalue weighted by atomic mass is 32.2. The molecule has 1 atom stereocenters. The summed E-state index contributed by atoms with van der Waals surface area (Å²) in [7, 11) is 0. The third-order valence-electron chi connectivity index (χ3n) is 5.00. The number of hydrogen-bond donors (Lipinski definition) is 0. The van der Waals surface area contributed by atoms with Crippen LogP contribution in [0.1, 0.15) is 19.1 Å². The average molecular weight is 441 g/mol. The van der Waals surface area contributed by atoms with Crippen molar-refractivity contribution < 1.29 is 9.21 Å². The molecule has 1 aliphatic rings. The van der Waals surface area contributed by atoms with Crippen LogP contribution in [-0.2, 0) is 11.3 Å². The quantitative estimate of drug-likeness (QED) is 0.395. The highest BCUT2D eigenvalue weighted by Crippen LogP contribution is 2.37. The van der Waals surface area contributed by atoms with Crippen LogP contribution in [0.4, 0.5) is 5.69 Å². The summed E-state index contributed by atoms with van der Waals surface area (Å²) < 4.78 is 7.39. The molecule has 1 aliphatic heterocycles. The topological polar surface area (TPSA) is 64.2 Å². The summed E-state index contributed by atoms with van der Waals surface area (Å²) in [6.07, 6.45) is 4.41. The molecule has 0 spiro atoms. The van der Waals surface area contributed by atoms with Crippen LogP contribution >= 0.6 is 23.5 Å². The number of carbonyl (C=O) groups excluding carboxylic acids is 1. The molecule has 0 saturated carbocycles. The first-order chi connectivity index (χ1) is 14.6. The number of thioether (sulfide) groups is 2. The molecule has 0 saturated heterocycles. The summed E-state index contributed by atoms with van der Waals surface area (Å²) in [5.74, 6) is 1.89. The second kappa shape index (κ2) is 9.14. The monoisotopic (exact) mass is 440 g/mol. The van der Waals surface area contributed by atoms with Gasteiger partial charge in [0.05, 0.1) is 23.3 Å². The highest BCUT2D eigenvalue weighted by molar-refractivity contribution is 8.00. The van der Waals surface area contributed by atoms with Gasteiger partial charge in [-0.2, -0.15) is 0 Å². The van der Waals surface area contributed by atoms with Crippen molar-refractivity contribution in [2.75, 3.05) is 17.2 Å². The Morgan fingerprint density at radius 2 is 2.20 bits per heavy atom. The summed E-state index contributed by atoms with van der Waals surface area (Å²) in [6, 6.07) is 10.0. The van der Waals surface area contributed by atoms with Crippen molar-refractivity contribution in [2.24, 2.45) is 0 Å². The smallest absolute Gasteiger partial charge is 0.237 e. The largest absolute Gasteiger partial charge is 0.469 e. The standard InChI is InChI=1S/C22H24N4O2S2/c1-4-11-26-21(17-10-13-28-16(17)3)23-24-22(26)29-14-20(27)25-12-9-15(2)30-19-8-6-5-7-18(19)25/h4-8,10,13,15H,1,9,11-12,14H2,2-3H3/t15-/m0/s1. The van der Waals surface area contributed by atoms with Gasteiger partial charge in [0.15, 0.2) is 11.0 Å². The highest BCUT2D eigenvalue weighted by Gasteiger charge is 2.25. The maximum atomic E-state index is 13.2. The number of benzene rings is 1. The van der Waals surface area contributed by atoms with E-state index in [2.05, 4.69) is 29.8 Å². The minimum Gasteiger partial charge on any atom is -0.469 e. The molecule has 3 aromatic rings. The van der Waals surface area contributed by atoms with E-state index >= 15 is 0 Å². The molecule has 3 heterocycles. The number of fused-ring (bicyclic) bond motifs is 1. The zero-order valence-electron chi connectivity index (χ0n) is 17.1. The molecular weight excluding hydrogens is 416 g/mol. The fraction of sp³-hybridized carbons (Fsp3) is 0.318. The van der Waals surface area contributed by atoms with Crippen molar-refractivity contribution >= 4 is 35.1 Å². The first-order valence-corrected chi connectivity index (χ1v) is 11.7. The number of aromatic nitrogens is 3. The number of hydrogen-bond acceptors (Lipinski definition) is 6. The summed E-state index contributed by atoms with van der Waals surface area (Å²) in [4.78, 5) is 16.2. The molecule has 1 amide bonds. The normalized spacial score (nSPS) is 16.2. The fourth-order valence-corrected chi connectivity index (χ4v) is 5.39. The first-order valence-electron chi connectivity index (χ1n) is 9.86. The molecule has 0 unspecified atom stereocenters. The van der Waals surface area contributed by atoms with E-state index in [1.165, 1.54) is 11.8 Å². The number of nitrogens with zero attached hydrogens (tertiary/aromatic N) is 4. The van der Waals surface area contributed by atoms with Crippen molar-refractivity contribution in [3.8, 4) is 11.4 Å². The number of carbonyl (C=O) groups is 1. The Morgan fingerprint density at radius 1 is 1.37 bits per heavy atom. The molecule has 0 N–H and O–H groups in total. The lowest BCUT2D eigenvalue weighted by Gasteiger charge is -2.22. The number of furan rings is 1. The van der Waals surface area contributed by atoms with Crippen molar-refractivity contribution in [2.45, 2.75) is 42.1 Å². The predicted octanol–water partition coefficient (Wildman–Crippen LogP) is 5.04. The van der Waals surface area contributed by atoms with Crippen LogP contribution in [0.15, 0.2) is 63.7 Å². The van der Waals surface area contributed by atoms with Crippen molar-refractivity contribution in [1.82, 2.24) is 14.8 Å². The summed E-state index contributed by atoms with van der Waals surface area (Å²) >= 11 is 3.24. The Kier molecular flexibility index (Phi) is 6.34. The lowest BCUT2D eigenvalue weighted by molar-refractivity contribution is -0.116. The van der Waals surface area contributed by atoms with Gasteiger partial charge in [0.1, 0.15) is 5.76 Å². The van der Waals surface area contributed by atoms with Crippen LogP contribution in [0.25, 0.3) is 11.4 Å². The van der Waals surface area contributed by atoms with E-state index in [1.54, 1.807) is 12.3 Å². The lowest BCUT2D eigenvalue weighted by Crippen LogP contribution is -2.33. The van der Waals surface area contributed by atoms with E-state index in [1.807, 2.05) is 52.4 Å². The van der Waals surface area contributed by atoms with Crippen LogP contribution in [0, 0.1) is 6.92 Å². The number of amides is 1. The van der Waals surface area contributed by atoms with Crippen molar-refractivity contribution in [1.29, 1.82) is 0 Å². The molecule has 30 heavy (non-hydrogen) atoms. The number of anilines is 1. The molecule has 156 valence electrons. The molecule has 0 aliphatic carbocycles. The van der Waals surface area contributed by atoms with Gasteiger partial charge in [-0.15, -0.1) is 28.5 Å². The molecule has 8 heteroatoms. The maximum absolute atomic E-state index is 13.2. The third-order valence-corrected chi connectivity index (χ3v) is 7.19. The van der Waals surface area contributed by atoms with Gasteiger partial charge in [-0.25, -0.2) is 0 Å². The molecule has 1 aromatic carbocycles. The molecular formula is C22H24N4O2S2. The number of para-hydroxylation sites is 1. The van der Waals surface area contributed by atoms with E-state index in [0.717, 1.165) is 40.7 Å². The van der Waals surface area contributed by atoms with Crippen LogP contribution in [-0.4, -0.2) is 38.2 Å². The van der Waals surface area contributed by atoms with E-state index in [-0.39, 0.29) is 5.91 Å². The summed E-state index contributed by atoms with van der Waals surface area (Å²) in [6.45, 7) is 9.24. The van der Waals surface area contributed by atoms with Gasteiger partial charge in [-0.05, 0) is 31.5 Å². The van der Waals surface area contributed by atoms with E-state index < -0.39 is 0 Å². The Morgan fingerprint density at radius 3 is 2.97 bits per heavy atom.